The summed E-state index contributed by atoms with van der Waals surface area (Å²) >= 11 is 0. The summed E-state index contributed by atoms with van der Waals surface area (Å²) in [5.74, 6) is 0.841. The maximum atomic E-state index is 5.58. The first-order valence-corrected chi connectivity index (χ1v) is 5.32. The highest BCUT2D eigenvalue weighted by Crippen LogP contribution is 2.27. The molecule has 0 spiro atoms. The Kier molecular flexibility index (Phi) is 4.49. The Balaban J connectivity index is 3.29. The highest BCUT2D eigenvalue weighted by atomic mass is 16.5. The minimum Gasteiger partial charge on any atom is -0.481 e. The molecule has 1 aromatic heterocycles. The highest BCUT2D eigenvalue weighted by Gasteiger charge is 2.17. The fourth-order valence-electron chi connectivity index (χ4n) is 1.58. The second-order valence-electron chi connectivity index (χ2n) is 3.78. The van der Waals surface area contributed by atoms with Gasteiger partial charge in [0.1, 0.15) is 0 Å². The first-order valence-electron chi connectivity index (χ1n) is 5.32. The third-order valence-electron chi connectivity index (χ3n) is 2.30. The standard InChI is InChI=1S/C11H19N3O2/c1-7(2)9-8(5-6-12)10(15-3)14-11(13-9)16-4/h7H,5-6,12H2,1-4H3. The molecule has 0 aliphatic rings. The molecule has 90 valence electrons. The number of hydrogen-bond donors (Lipinski definition) is 1. The summed E-state index contributed by atoms with van der Waals surface area (Å²) in [6.07, 6.45) is 0.709. The Bertz CT molecular complexity index is 353. The van der Waals surface area contributed by atoms with Crippen LogP contribution in [0.4, 0.5) is 0 Å². The van der Waals surface area contributed by atoms with Crippen LogP contribution in [0.5, 0.6) is 11.9 Å². The molecule has 1 aromatic rings. The van der Waals surface area contributed by atoms with Crippen molar-refractivity contribution in [2.45, 2.75) is 26.2 Å². The molecule has 0 bridgehead atoms. The van der Waals surface area contributed by atoms with E-state index in [1.807, 2.05) is 0 Å². The Labute approximate surface area is 96.0 Å². The minimum atomic E-state index is 0.285. The molecule has 5 nitrogen and oxygen atoms in total. The van der Waals surface area contributed by atoms with Crippen molar-refractivity contribution in [3.8, 4) is 11.9 Å². The third-order valence-corrected chi connectivity index (χ3v) is 2.30. The van der Waals surface area contributed by atoms with Gasteiger partial charge in [-0.25, -0.2) is 0 Å². The first kappa shape index (κ1) is 12.7. The van der Waals surface area contributed by atoms with Crippen LogP contribution in [0, 0.1) is 0 Å². The van der Waals surface area contributed by atoms with Gasteiger partial charge in [0.15, 0.2) is 0 Å². The molecule has 0 aliphatic heterocycles. The number of nitrogens with zero attached hydrogens (tertiary/aromatic N) is 2. The smallest absolute Gasteiger partial charge is 0.319 e. The van der Waals surface area contributed by atoms with Crippen LogP contribution >= 0.6 is 0 Å². The average molecular weight is 225 g/mol. The van der Waals surface area contributed by atoms with Crippen molar-refractivity contribution in [1.82, 2.24) is 9.97 Å². The average Bonchev–Trinajstić information content (AvgIpc) is 2.29. The van der Waals surface area contributed by atoms with Crippen LogP contribution < -0.4 is 15.2 Å². The lowest BCUT2D eigenvalue weighted by Crippen LogP contribution is -2.12. The monoisotopic (exact) mass is 225 g/mol. The molecule has 0 aromatic carbocycles. The van der Waals surface area contributed by atoms with Crippen LogP contribution in [-0.4, -0.2) is 30.7 Å². The van der Waals surface area contributed by atoms with Crippen molar-refractivity contribution < 1.29 is 9.47 Å². The lowest BCUT2D eigenvalue weighted by molar-refractivity contribution is 0.345. The second kappa shape index (κ2) is 5.65. The molecular formula is C11H19N3O2. The fraction of sp³-hybridized carbons (Fsp3) is 0.636. The van der Waals surface area contributed by atoms with Crippen LogP contribution in [0.2, 0.25) is 0 Å². The van der Waals surface area contributed by atoms with E-state index in [1.165, 1.54) is 0 Å². The van der Waals surface area contributed by atoms with Gasteiger partial charge in [-0.3, -0.25) is 0 Å². The van der Waals surface area contributed by atoms with Gasteiger partial charge in [-0.15, -0.1) is 0 Å². The van der Waals surface area contributed by atoms with Gasteiger partial charge in [0, 0.05) is 5.56 Å². The molecule has 0 saturated heterocycles. The number of hydrogen-bond acceptors (Lipinski definition) is 5. The molecule has 0 aliphatic carbocycles. The van der Waals surface area contributed by atoms with Crippen LogP contribution in [0.3, 0.4) is 0 Å². The molecule has 2 N–H and O–H groups in total. The van der Waals surface area contributed by atoms with Gasteiger partial charge >= 0.3 is 6.01 Å². The molecule has 1 rings (SSSR count). The zero-order valence-corrected chi connectivity index (χ0v) is 10.3. The third kappa shape index (κ3) is 2.61. The van der Waals surface area contributed by atoms with Crippen molar-refractivity contribution in [2.75, 3.05) is 20.8 Å². The topological polar surface area (TPSA) is 70.3 Å². The van der Waals surface area contributed by atoms with Gasteiger partial charge in [-0.1, -0.05) is 13.8 Å². The predicted molar refractivity (Wildman–Crippen MR) is 62.0 cm³/mol. The van der Waals surface area contributed by atoms with Crippen molar-refractivity contribution in [1.29, 1.82) is 0 Å². The van der Waals surface area contributed by atoms with Crippen LogP contribution in [-0.2, 0) is 6.42 Å². The van der Waals surface area contributed by atoms with E-state index in [0.29, 0.717) is 24.9 Å². The lowest BCUT2D eigenvalue weighted by atomic mass is 10.0. The number of ether oxygens (including phenoxy) is 2. The van der Waals surface area contributed by atoms with Gasteiger partial charge < -0.3 is 15.2 Å². The summed E-state index contributed by atoms with van der Waals surface area (Å²) in [5, 5.41) is 0. The maximum absolute atomic E-state index is 5.58. The van der Waals surface area contributed by atoms with Gasteiger partial charge in [-0.2, -0.15) is 9.97 Å². The van der Waals surface area contributed by atoms with Gasteiger partial charge in [-0.05, 0) is 18.9 Å². The van der Waals surface area contributed by atoms with Crippen molar-refractivity contribution >= 4 is 0 Å². The summed E-state index contributed by atoms with van der Waals surface area (Å²) < 4.78 is 10.3. The normalized spacial score (nSPS) is 10.6. The molecule has 0 unspecified atom stereocenters. The summed E-state index contributed by atoms with van der Waals surface area (Å²) in [4.78, 5) is 8.51. The van der Waals surface area contributed by atoms with Crippen LogP contribution in [0.1, 0.15) is 31.0 Å². The largest absolute Gasteiger partial charge is 0.481 e. The predicted octanol–water partition coefficient (Wildman–Crippen LogP) is 1.12. The van der Waals surface area contributed by atoms with Gasteiger partial charge in [0.25, 0.3) is 0 Å². The van der Waals surface area contributed by atoms with Gasteiger partial charge in [0.05, 0.1) is 19.9 Å². The SMILES string of the molecule is COc1nc(OC)c(CCN)c(C(C)C)n1. The molecular weight excluding hydrogens is 206 g/mol. The Morgan fingerprint density at radius 2 is 1.88 bits per heavy atom. The minimum absolute atomic E-state index is 0.285. The van der Waals surface area contributed by atoms with E-state index in [0.717, 1.165) is 11.3 Å². The second-order valence-corrected chi connectivity index (χ2v) is 3.78. The molecule has 0 radical (unpaired) electrons. The summed E-state index contributed by atoms with van der Waals surface area (Å²) in [6, 6.07) is 0.335. The van der Waals surface area contributed by atoms with E-state index in [-0.39, 0.29) is 5.92 Å². The Morgan fingerprint density at radius 3 is 2.31 bits per heavy atom. The quantitative estimate of drug-likeness (QED) is 0.813. The molecule has 0 amide bonds. The highest BCUT2D eigenvalue weighted by molar-refractivity contribution is 5.34. The fourth-order valence-corrected chi connectivity index (χ4v) is 1.58. The van der Waals surface area contributed by atoms with E-state index in [9.17, 15) is 0 Å². The molecule has 0 atom stereocenters. The zero-order valence-electron chi connectivity index (χ0n) is 10.3. The molecule has 0 saturated carbocycles. The van der Waals surface area contributed by atoms with E-state index >= 15 is 0 Å². The van der Waals surface area contributed by atoms with Crippen LogP contribution in [0.25, 0.3) is 0 Å². The van der Waals surface area contributed by atoms with Crippen molar-refractivity contribution in [2.24, 2.45) is 5.73 Å². The van der Waals surface area contributed by atoms with E-state index in [2.05, 4.69) is 23.8 Å². The summed E-state index contributed by atoms with van der Waals surface area (Å²) in [6.45, 7) is 4.69. The lowest BCUT2D eigenvalue weighted by Gasteiger charge is -2.15. The number of rotatable bonds is 5. The van der Waals surface area contributed by atoms with Crippen molar-refractivity contribution in [3.05, 3.63) is 11.3 Å². The van der Waals surface area contributed by atoms with Crippen molar-refractivity contribution in [3.63, 3.8) is 0 Å². The van der Waals surface area contributed by atoms with E-state index < -0.39 is 0 Å². The van der Waals surface area contributed by atoms with Crippen LogP contribution in [0.15, 0.2) is 0 Å². The van der Waals surface area contributed by atoms with E-state index in [4.69, 9.17) is 15.2 Å². The van der Waals surface area contributed by atoms with Gasteiger partial charge in [0.2, 0.25) is 5.88 Å². The maximum Gasteiger partial charge on any atom is 0.319 e. The first-order chi connectivity index (χ1) is 7.63. The summed E-state index contributed by atoms with van der Waals surface area (Å²) in [7, 11) is 3.13. The molecule has 0 fully saturated rings. The number of nitrogens with two attached hydrogens (primary N) is 1. The molecule has 16 heavy (non-hydrogen) atoms. The Morgan fingerprint density at radius 1 is 1.19 bits per heavy atom. The zero-order chi connectivity index (χ0) is 12.1. The molecule has 5 heteroatoms. The van der Waals surface area contributed by atoms with E-state index in [1.54, 1.807) is 14.2 Å². The summed E-state index contributed by atoms with van der Waals surface area (Å²) in [5.41, 5.74) is 7.49. The molecule has 1 heterocycles. The number of methoxy groups -OCH3 is 2. The number of aromatic nitrogens is 2. The Hall–Kier alpha value is -1.36.